The maximum absolute atomic E-state index is 10.4. The van der Waals surface area contributed by atoms with Gasteiger partial charge in [0.25, 0.3) is 0 Å². The van der Waals surface area contributed by atoms with E-state index in [2.05, 4.69) is 24.1 Å². The van der Waals surface area contributed by atoms with Crippen molar-refractivity contribution in [1.29, 1.82) is 0 Å². The number of aliphatic hydroxyl groups excluding tert-OH is 1. The van der Waals surface area contributed by atoms with Crippen LogP contribution in [-0.2, 0) is 6.42 Å². The molecule has 0 bridgehead atoms. The van der Waals surface area contributed by atoms with Crippen LogP contribution in [0, 0.1) is 0 Å². The summed E-state index contributed by atoms with van der Waals surface area (Å²) in [5, 5.41) is 12.9. The van der Waals surface area contributed by atoms with E-state index in [1.807, 2.05) is 17.5 Å². The van der Waals surface area contributed by atoms with E-state index >= 15 is 0 Å². The van der Waals surface area contributed by atoms with Gasteiger partial charge in [0.2, 0.25) is 0 Å². The van der Waals surface area contributed by atoms with Crippen LogP contribution < -0.4 is 4.90 Å². The van der Waals surface area contributed by atoms with Gasteiger partial charge in [-0.15, -0.1) is 11.3 Å². The van der Waals surface area contributed by atoms with Crippen LogP contribution in [0.15, 0.2) is 29.6 Å². The van der Waals surface area contributed by atoms with E-state index in [-0.39, 0.29) is 0 Å². The predicted octanol–water partition coefficient (Wildman–Crippen LogP) is 3.48. The Balaban J connectivity index is 1.96. The van der Waals surface area contributed by atoms with Gasteiger partial charge in [-0.2, -0.15) is 0 Å². The molecule has 1 aliphatic heterocycles. The van der Waals surface area contributed by atoms with Crippen LogP contribution in [0.5, 0.6) is 0 Å². The molecule has 1 N–H and O–H groups in total. The summed E-state index contributed by atoms with van der Waals surface area (Å²) in [5.74, 6) is 0. The van der Waals surface area contributed by atoms with E-state index in [0.717, 1.165) is 23.4 Å². The molecule has 0 saturated carbocycles. The number of fused-ring (bicyclic) bond motifs is 1. The van der Waals surface area contributed by atoms with E-state index < -0.39 is 6.10 Å². The van der Waals surface area contributed by atoms with Crippen LogP contribution in [0.1, 0.15) is 22.1 Å². The maximum Gasteiger partial charge on any atom is 0.115 e. The highest BCUT2D eigenvalue weighted by Gasteiger charge is 2.20. The Kier molecular flexibility index (Phi) is 3.06. The first kappa shape index (κ1) is 12.0. The van der Waals surface area contributed by atoms with Gasteiger partial charge in [0.1, 0.15) is 6.10 Å². The number of anilines is 1. The van der Waals surface area contributed by atoms with Crippen LogP contribution in [0.4, 0.5) is 5.69 Å². The zero-order chi connectivity index (χ0) is 12.7. The minimum absolute atomic E-state index is 0.617. The number of aliphatic hydroxyl groups is 1. The van der Waals surface area contributed by atoms with Crippen molar-refractivity contribution < 1.29 is 5.11 Å². The zero-order valence-electron chi connectivity index (χ0n) is 10.1. The molecule has 1 aromatic carbocycles. The molecule has 3 rings (SSSR count). The molecule has 2 nitrogen and oxygen atoms in total. The highest BCUT2D eigenvalue weighted by atomic mass is 35.5. The molecule has 0 aliphatic carbocycles. The van der Waals surface area contributed by atoms with Gasteiger partial charge in [-0.1, -0.05) is 23.7 Å². The van der Waals surface area contributed by atoms with E-state index in [1.165, 1.54) is 22.6 Å². The van der Waals surface area contributed by atoms with Gasteiger partial charge < -0.3 is 10.0 Å². The summed E-state index contributed by atoms with van der Waals surface area (Å²) in [7, 11) is 2.10. The van der Waals surface area contributed by atoms with Crippen molar-refractivity contribution in [3.63, 3.8) is 0 Å². The Hall–Kier alpha value is -1.03. The molecule has 0 radical (unpaired) electrons. The van der Waals surface area contributed by atoms with Gasteiger partial charge >= 0.3 is 0 Å². The van der Waals surface area contributed by atoms with E-state index in [9.17, 15) is 5.11 Å². The second-order valence-corrected chi connectivity index (χ2v) is 5.95. The summed E-state index contributed by atoms with van der Waals surface area (Å²) >= 11 is 7.56. The fraction of sp³-hybridized carbons (Fsp3) is 0.286. The van der Waals surface area contributed by atoms with Gasteiger partial charge in [0, 0.05) is 19.3 Å². The lowest BCUT2D eigenvalue weighted by molar-refractivity contribution is 0.224. The molecule has 1 aliphatic rings. The van der Waals surface area contributed by atoms with Crippen molar-refractivity contribution in [2.75, 3.05) is 18.5 Å². The number of benzene rings is 1. The molecule has 2 aromatic rings. The molecule has 0 amide bonds. The average Bonchev–Trinajstić information content (AvgIpc) is 2.95. The van der Waals surface area contributed by atoms with Crippen molar-refractivity contribution in [1.82, 2.24) is 0 Å². The third kappa shape index (κ3) is 1.92. The van der Waals surface area contributed by atoms with E-state index in [0.29, 0.717) is 5.02 Å². The molecule has 94 valence electrons. The van der Waals surface area contributed by atoms with Crippen molar-refractivity contribution in [3.05, 3.63) is 50.7 Å². The molecule has 2 heterocycles. The molecule has 1 unspecified atom stereocenters. The highest BCUT2D eigenvalue weighted by molar-refractivity contribution is 7.10. The van der Waals surface area contributed by atoms with E-state index in [1.54, 1.807) is 0 Å². The van der Waals surface area contributed by atoms with Crippen molar-refractivity contribution >= 4 is 28.6 Å². The number of likely N-dealkylation sites (N-methyl/N-ethyl adjacent to an activating group) is 1. The van der Waals surface area contributed by atoms with Crippen LogP contribution >= 0.6 is 22.9 Å². The lowest BCUT2D eigenvalue weighted by Crippen LogP contribution is -2.12. The number of hydrogen-bond donors (Lipinski definition) is 1. The second-order valence-electron chi connectivity index (χ2n) is 4.60. The summed E-state index contributed by atoms with van der Waals surface area (Å²) in [6.45, 7) is 1.05. The Labute approximate surface area is 115 Å². The molecule has 1 aromatic heterocycles. The summed E-state index contributed by atoms with van der Waals surface area (Å²) in [4.78, 5) is 3.06. The van der Waals surface area contributed by atoms with E-state index in [4.69, 9.17) is 11.6 Å². The lowest BCUT2D eigenvalue weighted by Gasteiger charge is -2.14. The second kappa shape index (κ2) is 4.57. The van der Waals surface area contributed by atoms with Gasteiger partial charge in [-0.05, 0) is 35.1 Å². The molecule has 0 spiro atoms. The monoisotopic (exact) mass is 279 g/mol. The van der Waals surface area contributed by atoms with Crippen LogP contribution in [0.25, 0.3) is 0 Å². The predicted molar refractivity (Wildman–Crippen MR) is 76.8 cm³/mol. The number of hydrogen-bond acceptors (Lipinski definition) is 3. The van der Waals surface area contributed by atoms with Crippen LogP contribution in [0.3, 0.4) is 0 Å². The first-order valence-corrected chi connectivity index (χ1v) is 7.17. The van der Waals surface area contributed by atoms with Crippen molar-refractivity contribution in [3.8, 4) is 0 Å². The summed E-state index contributed by atoms with van der Waals surface area (Å²) in [6, 6.07) is 8.00. The largest absolute Gasteiger partial charge is 0.383 e. The quantitative estimate of drug-likeness (QED) is 0.910. The Morgan fingerprint density at radius 1 is 1.39 bits per heavy atom. The topological polar surface area (TPSA) is 23.5 Å². The standard InChI is InChI=1S/C14H14ClNOS/c1-16-6-4-9-8-10(2-3-12(9)16)13(17)14-11(15)5-7-18-14/h2-3,5,7-8,13,17H,4,6H2,1H3. The third-order valence-corrected chi connectivity index (χ3v) is 4.85. The van der Waals surface area contributed by atoms with Gasteiger partial charge in [0.05, 0.1) is 9.90 Å². The summed E-state index contributed by atoms with van der Waals surface area (Å²) < 4.78 is 0. The summed E-state index contributed by atoms with van der Waals surface area (Å²) in [5.41, 5.74) is 3.50. The first-order valence-electron chi connectivity index (χ1n) is 5.92. The normalized spacial score (nSPS) is 15.8. The van der Waals surface area contributed by atoms with Gasteiger partial charge in [-0.25, -0.2) is 0 Å². The number of nitrogens with zero attached hydrogens (tertiary/aromatic N) is 1. The fourth-order valence-corrected chi connectivity index (χ4v) is 3.58. The average molecular weight is 280 g/mol. The zero-order valence-corrected chi connectivity index (χ0v) is 11.6. The molecular weight excluding hydrogens is 266 g/mol. The SMILES string of the molecule is CN1CCc2cc(C(O)c3sccc3Cl)ccc21. The molecule has 0 saturated heterocycles. The van der Waals surface area contributed by atoms with Crippen LogP contribution in [0.2, 0.25) is 5.02 Å². The summed E-state index contributed by atoms with van der Waals surface area (Å²) in [6.07, 6.45) is 0.429. The molecule has 0 fully saturated rings. The highest BCUT2D eigenvalue weighted by Crippen LogP contribution is 2.35. The molecule has 4 heteroatoms. The van der Waals surface area contributed by atoms with Crippen molar-refractivity contribution in [2.45, 2.75) is 12.5 Å². The van der Waals surface area contributed by atoms with Crippen LogP contribution in [-0.4, -0.2) is 18.7 Å². The fourth-order valence-electron chi connectivity index (χ4n) is 2.41. The number of thiophene rings is 1. The first-order chi connectivity index (χ1) is 8.66. The lowest BCUT2D eigenvalue weighted by atomic mass is 10.0. The Morgan fingerprint density at radius 2 is 2.22 bits per heavy atom. The Bertz CT molecular complexity index is 581. The van der Waals surface area contributed by atoms with Gasteiger partial charge in [0.15, 0.2) is 0 Å². The number of rotatable bonds is 2. The third-order valence-electron chi connectivity index (χ3n) is 3.44. The molecule has 1 atom stereocenters. The molecular formula is C14H14ClNOS. The maximum atomic E-state index is 10.4. The van der Waals surface area contributed by atoms with Crippen molar-refractivity contribution in [2.24, 2.45) is 0 Å². The minimum Gasteiger partial charge on any atom is -0.383 e. The smallest absolute Gasteiger partial charge is 0.115 e. The Morgan fingerprint density at radius 3 is 2.94 bits per heavy atom. The number of halogens is 1. The van der Waals surface area contributed by atoms with Gasteiger partial charge in [-0.3, -0.25) is 0 Å². The molecule has 18 heavy (non-hydrogen) atoms. The minimum atomic E-state index is -0.617.